The van der Waals surface area contributed by atoms with Crippen LogP contribution in [-0.2, 0) is 14.2 Å². The Morgan fingerprint density at radius 3 is 2.54 bits per heavy atom. The van der Waals surface area contributed by atoms with E-state index in [1.807, 2.05) is 44.5 Å². The van der Waals surface area contributed by atoms with Crippen molar-refractivity contribution in [3.8, 4) is 0 Å². The summed E-state index contributed by atoms with van der Waals surface area (Å²) < 4.78 is 20.1. The minimum Gasteiger partial charge on any atom is -0.394 e. The summed E-state index contributed by atoms with van der Waals surface area (Å²) in [5.74, 6) is -0.706. The van der Waals surface area contributed by atoms with Crippen molar-refractivity contribution >= 4 is 47.5 Å². The highest BCUT2D eigenvalue weighted by Gasteiger charge is 2.55. The van der Waals surface area contributed by atoms with Gasteiger partial charge >= 0.3 is 0 Å². The van der Waals surface area contributed by atoms with Gasteiger partial charge in [-0.1, -0.05) is 23.2 Å². The molecule has 0 amide bonds. The van der Waals surface area contributed by atoms with Crippen LogP contribution in [0.1, 0.15) is 20.1 Å². The second kappa shape index (κ2) is 5.63. The maximum absolute atomic E-state index is 9.65. The summed E-state index contributed by atoms with van der Waals surface area (Å²) in [7, 11) is 1.99. The lowest BCUT2D eigenvalue weighted by Gasteiger charge is -2.25. The predicted molar refractivity (Wildman–Crippen MR) is 95.0 cm³/mol. The first kappa shape index (κ1) is 16.7. The molecule has 2 unspecified atom stereocenters. The normalized spacial score (nSPS) is 31.7. The van der Waals surface area contributed by atoms with Gasteiger partial charge in [-0.3, -0.25) is 0 Å². The van der Waals surface area contributed by atoms with E-state index >= 15 is 0 Å². The van der Waals surface area contributed by atoms with Crippen LogP contribution in [0.25, 0.3) is 10.9 Å². The fourth-order valence-corrected chi connectivity index (χ4v) is 4.04. The van der Waals surface area contributed by atoms with Crippen LogP contribution in [0.3, 0.4) is 0 Å². The van der Waals surface area contributed by atoms with Crippen molar-refractivity contribution in [2.75, 3.05) is 6.61 Å². The van der Waals surface area contributed by atoms with Crippen molar-refractivity contribution in [3.63, 3.8) is 0 Å². The number of fused-ring (bicyclic) bond motifs is 2. The van der Waals surface area contributed by atoms with E-state index in [0.29, 0.717) is 10.0 Å². The molecule has 2 aliphatic heterocycles. The van der Waals surface area contributed by atoms with Crippen LogP contribution in [0, 0.1) is 0 Å². The average molecular weight is 370 g/mol. The summed E-state index contributed by atoms with van der Waals surface area (Å²) >= 11 is 12.3. The summed E-state index contributed by atoms with van der Waals surface area (Å²) in [6.45, 7) is 3.62. The molecule has 2 aromatic rings. The second-order valence-electron chi connectivity index (χ2n) is 6.79. The number of hydrogen-bond donors (Lipinski definition) is 1. The van der Waals surface area contributed by atoms with E-state index in [1.54, 1.807) is 0 Å². The standard InChI is InChI=1S/C16H18BCl2NO4/c1-16(2)23-13-11(6-21)22-15(14(13)24-16)20-10-5-9(19)8(18)3-7(10)4-12(20)17/h3-5,11,13-15,21H,6,17H2,1-2H3/t11-,13?,14?,15-/m1/s1. The van der Waals surface area contributed by atoms with Crippen LogP contribution in [0.5, 0.6) is 0 Å². The molecule has 1 aromatic heterocycles. The number of aromatic nitrogens is 1. The minimum atomic E-state index is -0.706. The molecule has 0 radical (unpaired) electrons. The van der Waals surface area contributed by atoms with Crippen molar-refractivity contribution in [2.24, 2.45) is 0 Å². The Kier molecular flexibility index (Phi) is 3.91. The van der Waals surface area contributed by atoms with Crippen molar-refractivity contribution in [2.45, 2.75) is 44.2 Å². The molecular formula is C16H18BCl2NO4. The Balaban J connectivity index is 1.82. The SMILES string of the molecule is Bc1cc2cc(Cl)c(Cl)cc2n1[C@@H]1O[C@H](CO)C2OC(C)(C)OC21. The van der Waals surface area contributed by atoms with Crippen LogP contribution in [-0.4, -0.2) is 48.2 Å². The van der Waals surface area contributed by atoms with Crippen molar-refractivity contribution in [1.82, 2.24) is 4.57 Å². The maximum Gasteiger partial charge on any atom is 0.164 e. The maximum atomic E-state index is 9.65. The number of aliphatic hydroxyl groups is 1. The first-order valence-corrected chi connectivity index (χ1v) is 8.65. The fourth-order valence-electron chi connectivity index (χ4n) is 3.71. The lowest BCUT2D eigenvalue weighted by molar-refractivity contribution is -0.199. The molecule has 5 nitrogen and oxygen atoms in total. The molecule has 0 spiro atoms. The zero-order chi connectivity index (χ0) is 17.2. The van der Waals surface area contributed by atoms with Gasteiger partial charge in [0.15, 0.2) is 19.9 Å². The van der Waals surface area contributed by atoms with Crippen LogP contribution in [0.4, 0.5) is 0 Å². The van der Waals surface area contributed by atoms with Crippen LogP contribution < -0.4 is 5.59 Å². The van der Waals surface area contributed by atoms with Gasteiger partial charge in [-0.15, -0.1) is 0 Å². The fraction of sp³-hybridized carbons (Fsp3) is 0.500. The summed E-state index contributed by atoms with van der Waals surface area (Å²) in [5.41, 5.74) is 1.91. The molecule has 8 heteroatoms. The molecule has 0 bridgehead atoms. The van der Waals surface area contributed by atoms with Gasteiger partial charge in [0.1, 0.15) is 18.3 Å². The molecule has 1 aromatic carbocycles. The first-order valence-electron chi connectivity index (χ1n) is 7.89. The predicted octanol–water partition coefficient (Wildman–Crippen LogP) is 1.62. The van der Waals surface area contributed by atoms with E-state index < -0.39 is 18.1 Å². The number of benzene rings is 1. The van der Waals surface area contributed by atoms with Crippen molar-refractivity contribution in [3.05, 3.63) is 28.2 Å². The molecule has 2 fully saturated rings. The molecule has 0 aliphatic carbocycles. The highest BCUT2D eigenvalue weighted by atomic mass is 35.5. The van der Waals surface area contributed by atoms with Crippen LogP contribution >= 0.6 is 23.2 Å². The lowest BCUT2D eigenvalue weighted by atomic mass is 10.0. The Labute approximate surface area is 150 Å². The summed E-state index contributed by atoms with van der Waals surface area (Å²) in [6.07, 6.45) is -1.44. The molecule has 3 heterocycles. The van der Waals surface area contributed by atoms with Gasteiger partial charge in [0.2, 0.25) is 0 Å². The van der Waals surface area contributed by atoms with Gasteiger partial charge in [0, 0.05) is 5.39 Å². The zero-order valence-corrected chi connectivity index (χ0v) is 15.1. The smallest absolute Gasteiger partial charge is 0.164 e. The Bertz CT molecular complexity index is 809. The van der Waals surface area contributed by atoms with Crippen molar-refractivity contribution < 1.29 is 19.3 Å². The van der Waals surface area contributed by atoms with E-state index in [0.717, 1.165) is 16.5 Å². The average Bonchev–Trinajstić information content (AvgIpc) is 3.08. The van der Waals surface area contributed by atoms with E-state index in [9.17, 15) is 5.11 Å². The third-order valence-corrected chi connectivity index (χ3v) is 5.36. The van der Waals surface area contributed by atoms with Crippen LogP contribution in [0.15, 0.2) is 18.2 Å². The van der Waals surface area contributed by atoms with E-state index in [2.05, 4.69) is 0 Å². The zero-order valence-electron chi connectivity index (χ0n) is 13.6. The number of hydrogen-bond acceptors (Lipinski definition) is 4. The monoisotopic (exact) mass is 369 g/mol. The number of ether oxygens (including phenoxy) is 3. The minimum absolute atomic E-state index is 0.123. The number of rotatable bonds is 2. The molecule has 4 rings (SSSR count). The third kappa shape index (κ3) is 2.48. The molecule has 4 atom stereocenters. The molecule has 24 heavy (non-hydrogen) atoms. The molecular weight excluding hydrogens is 352 g/mol. The Morgan fingerprint density at radius 2 is 1.83 bits per heavy atom. The number of nitrogens with zero attached hydrogens (tertiary/aromatic N) is 1. The molecule has 128 valence electrons. The summed E-state index contributed by atoms with van der Waals surface area (Å²) in [6, 6.07) is 5.70. The number of aliphatic hydroxyl groups excluding tert-OH is 1. The highest BCUT2D eigenvalue weighted by Crippen LogP contribution is 2.44. The van der Waals surface area contributed by atoms with Gasteiger partial charge in [0.25, 0.3) is 0 Å². The Morgan fingerprint density at radius 1 is 1.17 bits per heavy atom. The van der Waals surface area contributed by atoms with Gasteiger partial charge in [-0.05, 0) is 37.6 Å². The molecule has 2 aliphatic rings. The summed E-state index contributed by atoms with van der Waals surface area (Å²) in [5, 5.41) is 11.6. The Hall–Kier alpha value is -0.755. The first-order chi connectivity index (χ1) is 11.3. The summed E-state index contributed by atoms with van der Waals surface area (Å²) in [4.78, 5) is 0. The lowest BCUT2D eigenvalue weighted by Crippen LogP contribution is -2.32. The molecule has 0 saturated carbocycles. The van der Waals surface area contributed by atoms with Gasteiger partial charge in [0.05, 0.1) is 22.2 Å². The van der Waals surface area contributed by atoms with E-state index in [-0.39, 0.29) is 18.8 Å². The topological polar surface area (TPSA) is 52.9 Å². The third-order valence-electron chi connectivity index (χ3n) is 4.63. The van der Waals surface area contributed by atoms with Gasteiger partial charge in [-0.2, -0.15) is 0 Å². The quantitative estimate of drug-likeness (QED) is 0.817. The molecule has 2 saturated heterocycles. The van der Waals surface area contributed by atoms with Crippen molar-refractivity contribution in [1.29, 1.82) is 0 Å². The van der Waals surface area contributed by atoms with Crippen LogP contribution in [0.2, 0.25) is 10.0 Å². The van der Waals surface area contributed by atoms with E-state index in [4.69, 9.17) is 37.4 Å². The highest BCUT2D eigenvalue weighted by molar-refractivity contribution is 6.43. The largest absolute Gasteiger partial charge is 0.394 e. The van der Waals surface area contributed by atoms with Gasteiger partial charge in [-0.25, -0.2) is 0 Å². The second-order valence-corrected chi connectivity index (χ2v) is 7.61. The van der Waals surface area contributed by atoms with E-state index in [1.165, 1.54) is 0 Å². The number of halogens is 2. The molecule has 1 N–H and O–H groups in total. The van der Waals surface area contributed by atoms with Gasteiger partial charge < -0.3 is 23.9 Å².